The normalized spacial score (nSPS) is 14.1. The molecular weight excluding hydrogens is 278 g/mol. The highest BCUT2D eigenvalue weighted by atomic mass is 16.5. The molecule has 3 rings (SSSR count). The molecule has 4 nitrogen and oxygen atoms in total. The molecule has 0 spiro atoms. The Kier molecular flexibility index (Phi) is 4.28. The van der Waals surface area contributed by atoms with Gasteiger partial charge in [-0.15, -0.1) is 0 Å². The Balaban J connectivity index is 1.82. The lowest BCUT2D eigenvalue weighted by Gasteiger charge is -2.19. The second-order valence-corrected chi connectivity index (χ2v) is 5.45. The smallest absolute Gasteiger partial charge is 0.339 e. The molecule has 1 fully saturated rings. The first-order valence-electron chi connectivity index (χ1n) is 7.53. The summed E-state index contributed by atoms with van der Waals surface area (Å²) < 4.78 is 5.78. The van der Waals surface area contributed by atoms with Crippen molar-refractivity contribution >= 4 is 11.7 Å². The van der Waals surface area contributed by atoms with Gasteiger partial charge < -0.3 is 14.7 Å². The minimum Gasteiger partial charge on any atom is -0.488 e. The lowest BCUT2D eigenvalue weighted by atomic mass is 10.1. The largest absolute Gasteiger partial charge is 0.488 e. The molecule has 1 aliphatic heterocycles. The van der Waals surface area contributed by atoms with E-state index in [1.165, 1.54) is 12.8 Å². The van der Waals surface area contributed by atoms with Crippen molar-refractivity contribution in [1.29, 1.82) is 0 Å². The first kappa shape index (κ1) is 14.4. The van der Waals surface area contributed by atoms with Gasteiger partial charge in [-0.3, -0.25) is 0 Å². The molecule has 4 heteroatoms. The molecular formula is C18H19NO3. The number of rotatable bonds is 5. The first-order chi connectivity index (χ1) is 10.7. The maximum atomic E-state index is 11.4. The third-order valence-electron chi connectivity index (χ3n) is 3.90. The van der Waals surface area contributed by atoms with Crippen LogP contribution in [0.3, 0.4) is 0 Å². The minimum atomic E-state index is -0.962. The number of hydrogen-bond donors (Lipinski definition) is 1. The second kappa shape index (κ2) is 6.52. The van der Waals surface area contributed by atoms with Crippen molar-refractivity contribution < 1.29 is 14.6 Å². The average Bonchev–Trinajstić information content (AvgIpc) is 3.08. The maximum absolute atomic E-state index is 11.4. The molecule has 0 unspecified atom stereocenters. The summed E-state index contributed by atoms with van der Waals surface area (Å²) in [5.41, 5.74) is 2.26. The first-order valence-corrected chi connectivity index (χ1v) is 7.53. The standard InChI is InChI=1S/C18H19NO3/c20-18(21)16-9-8-15(19-10-4-5-11-19)12-17(16)22-13-14-6-2-1-3-7-14/h1-3,6-9,12H,4-5,10-11,13H2,(H,20,21). The van der Waals surface area contributed by atoms with Crippen molar-refractivity contribution in [3.63, 3.8) is 0 Å². The minimum absolute atomic E-state index is 0.207. The fourth-order valence-corrected chi connectivity index (χ4v) is 2.71. The number of ether oxygens (including phenoxy) is 1. The molecule has 0 bridgehead atoms. The molecule has 114 valence electrons. The van der Waals surface area contributed by atoms with Crippen LogP contribution < -0.4 is 9.64 Å². The van der Waals surface area contributed by atoms with Gasteiger partial charge in [0, 0.05) is 24.8 Å². The van der Waals surface area contributed by atoms with E-state index in [0.717, 1.165) is 24.3 Å². The number of carbonyl (C=O) groups is 1. The fraction of sp³-hybridized carbons (Fsp3) is 0.278. The van der Waals surface area contributed by atoms with Crippen LogP contribution in [0.25, 0.3) is 0 Å². The molecule has 22 heavy (non-hydrogen) atoms. The van der Waals surface area contributed by atoms with Crippen LogP contribution in [0.5, 0.6) is 5.75 Å². The van der Waals surface area contributed by atoms with E-state index < -0.39 is 5.97 Å². The summed E-state index contributed by atoms with van der Waals surface area (Å²) in [6.45, 7) is 2.40. The van der Waals surface area contributed by atoms with Gasteiger partial charge in [0.2, 0.25) is 0 Å². The van der Waals surface area contributed by atoms with Crippen LogP contribution in [0.1, 0.15) is 28.8 Å². The molecule has 2 aromatic carbocycles. The van der Waals surface area contributed by atoms with Gasteiger partial charge in [-0.05, 0) is 30.5 Å². The predicted octanol–water partition coefficient (Wildman–Crippen LogP) is 3.56. The van der Waals surface area contributed by atoms with Gasteiger partial charge in [0.05, 0.1) is 0 Å². The van der Waals surface area contributed by atoms with Crippen LogP contribution >= 0.6 is 0 Å². The van der Waals surface area contributed by atoms with Gasteiger partial charge in [-0.25, -0.2) is 4.79 Å². The average molecular weight is 297 g/mol. The highest BCUT2D eigenvalue weighted by molar-refractivity contribution is 5.91. The molecule has 0 saturated carbocycles. The molecule has 0 aliphatic carbocycles. The van der Waals surface area contributed by atoms with Gasteiger partial charge in [0.25, 0.3) is 0 Å². The summed E-state index contributed by atoms with van der Waals surface area (Å²) in [5, 5.41) is 9.33. The van der Waals surface area contributed by atoms with E-state index >= 15 is 0 Å². The molecule has 0 amide bonds. The summed E-state index contributed by atoms with van der Waals surface area (Å²) in [6, 6.07) is 15.1. The van der Waals surface area contributed by atoms with E-state index in [1.807, 2.05) is 42.5 Å². The number of carboxylic acids is 1. The highest BCUT2D eigenvalue weighted by Gasteiger charge is 2.17. The topological polar surface area (TPSA) is 49.8 Å². The van der Waals surface area contributed by atoms with E-state index in [9.17, 15) is 9.90 Å². The Morgan fingerprint density at radius 1 is 1.09 bits per heavy atom. The molecule has 2 aromatic rings. The third kappa shape index (κ3) is 3.22. The van der Waals surface area contributed by atoms with Gasteiger partial charge >= 0.3 is 5.97 Å². The van der Waals surface area contributed by atoms with Crippen LogP contribution in [0.4, 0.5) is 5.69 Å². The van der Waals surface area contributed by atoms with Gasteiger partial charge in [0.1, 0.15) is 17.9 Å². The number of benzene rings is 2. The van der Waals surface area contributed by atoms with Crippen molar-refractivity contribution in [3.05, 3.63) is 59.7 Å². The SMILES string of the molecule is O=C(O)c1ccc(N2CCCC2)cc1OCc1ccccc1. The molecule has 0 atom stereocenters. The maximum Gasteiger partial charge on any atom is 0.339 e. The van der Waals surface area contributed by atoms with Crippen LogP contribution in [0.2, 0.25) is 0 Å². The summed E-state index contributed by atoms with van der Waals surface area (Å²) in [7, 11) is 0. The molecule has 0 aromatic heterocycles. The van der Waals surface area contributed by atoms with Crippen LogP contribution in [-0.2, 0) is 6.61 Å². The number of anilines is 1. The van der Waals surface area contributed by atoms with Gasteiger partial charge in [-0.2, -0.15) is 0 Å². The van der Waals surface area contributed by atoms with E-state index in [1.54, 1.807) is 6.07 Å². The predicted molar refractivity (Wildman–Crippen MR) is 85.6 cm³/mol. The van der Waals surface area contributed by atoms with Crippen molar-refractivity contribution in [2.45, 2.75) is 19.4 Å². The van der Waals surface area contributed by atoms with Crippen molar-refractivity contribution in [3.8, 4) is 5.75 Å². The summed E-state index contributed by atoms with van der Waals surface area (Å²) in [6.07, 6.45) is 2.36. The van der Waals surface area contributed by atoms with Crippen LogP contribution in [-0.4, -0.2) is 24.2 Å². The van der Waals surface area contributed by atoms with E-state index in [0.29, 0.717) is 12.4 Å². The van der Waals surface area contributed by atoms with Crippen LogP contribution in [0, 0.1) is 0 Å². The number of hydrogen-bond acceptors (Lipinski definition) is 3. The lowest BCUT2D eigenvalue weighted by molar-refractivity contribution is 0.0692. The summed E-state index contributed by atoms with van der Waals surface area (Å²) in [4.78, 5) is 13.6. The van der Waals surface area contributed by atoms with Gasteiger partial charge in [-0.1, -0.05) is 30.3 Å². The molecule has 1 aliphatic rings. The van der Waals surface area contributed by atoms with Crippen molar-refractivity contribution in [2.75, 3.05) is 18.0 Å². The Bertz CT molecular complexity index is 649. The number of nitrogens with zero attached hydrogens (tertiary/aromatic N) is 1. The molecule has 1 heterocycles. The highest BCUT2D eigenvalue weighted by Crippen LogP contribution is 2.28. The number of aromatic carboxylic acids is 1. The van der Waals surface area contributed by atoms with E-state index in [2.05, 4.69) is 4.90 Å². The van der Waals surface area contributed by atoms with Gasteiger partial charge in [0.15, 0.2) is 0 Å². The Morgan fingerprint density at radius 2 is 1.82 bits per heavy atom. The molecule has 1 N–H and O–H groups in total. The Labute approximate surface area is 130 Å². The zero-order chi connectivity index (χ0) is 15.4. The third-order valence-corrected chi connectivity index (χ3v) is 3.90. The molecule has 1 saturated heterocycles. The zero-order valence-electron chi connectivity index (χ0n) is 12.4. The Morgan fingerprint density at radius 3 is 2.50 bits per heavy atom. The molecule has 0 radical (unpaired) electrons. The quantitative estimate of drug-likeness (QED) is 0.916. The zero-order valence-corrected chi connectivity index (χ0v) is 12.4. The fourth-order valence-electron chi connectivity index (χ4n) is 2.71. The lowest BCUT2D eigenvalue weighted by Crippen LogP contribution is -2.18. The van der Waals surface area contributed by atoms with Crippen LogP contribution in [0.15, 0.2) is 48.5 Å². The Hall–Kier alpha value is -2.49. The van der Waals surface area contributed by atoms with E-state index in [4.69, 9.17) is 4.74 Å². The van der Waals surface area contributed by atoms with Crippen molar-refractivity contribution in [1.82, 2.24) is 0 Å². The summed E-state index contributed by atoms with van der Waals surface area (Å²) in [5.74, 6) is -0.531. The number of carboxylic acid groups (broad SMARTS) is 1. The monoisotopic (exact) mass is 297 g/mol. The second-order valence-electron chi connectivity index (χ2n) is 5.45. The van der Waals surface area contributed by atoms with E-state index in [-0.39, 0.29) is 5.56 Å². The van der Waals surface area contributed by atoms with Crippen molar-refractivity contribution in [2.24, 2.45) is 0 Å². The summed E-state index contributed by atoms with van der Waals surface area (Å²) >= 11 is 0.